The maximum Gasteiger partial charge on any atom is 0.328 e. The number of aliphatic carboxylic acids is 1. The molecule has 1 aliphatic rings. The number of carboxylic acid groups (broad SMARTS) is 1. The Kier molecular flexibility index (Phi) is 3.72. The Hall–Kier alpha value is -2.37. The number of nitrogens with zero attached hydrogens (tertiary/aromatic N) is 1. The van der Waals surface area contributed by atoms with E-state index in [4.69, 9.17) is 5.11 Å². The zero-order valence-corrected chi connectivity index (χ0v) is 12.3. The zero-order valence-electron chi connectivity index (χ0n) is 12.3. The molecule has 0 aromatic heterocycles. The summed E-state index contributed by atoms with van der Waals surface area (Å²) < 4.78 is 0. The molecule has 0 saturated carbocycles. The van der Waals surface area contributed by atoms with Gasteiger partial charge < -0.3 is 15.3 Å². The first-order chi connectivity index (χ1) is 9.72. The molecule has 0 fully saturated rings. The van der Waals surface area contributed by atoms with Crippen LogP contribution in [0.2, 0.25) is 0 Å². The lowest BCUT2D eigenvalue weighted by atomic mass is 9.98. The first-order valence-electron chi connectivity index (χ1n) is 6.68. The summed E-state index contributed by atoms with van der Waals surface area (Å²) in [5.41, 5.74) is 0.767. The number of carbonyl (C=O) groups excluding carboxylic acids is 2. The van der Waals surface area contributed by atoms with Crippen LogP contribution in [0.15, 0.2) is 18.2 Å². The summed E-state index contributed by atoms with van der Waals surface area (Å²) in [5.74, 6) is -1.49. The zero-order chi connectivity index (χ0) is 15.8. The van der Waals surface area contributed by atoms with Crippen molar-refractivity contribution >= 4 is 23.5 Å². The van der Waals surface area contributed by atoms with E-state index < -0.39 is 17.4 Å². The number of benzene rings is 1. The van der Waals surface area contributed by atoms with Crippen molar-refractivity contribution in [2.24, 2.45) is 0 Å². The van der Waals surface area contributed by atoms with Crippen LogP contribution in [0.4, 0.5) is 5.69 Å². The van der Waals surface area contributed by atoms with E-state index in [0.717, 1.165) is 11.3 Å². The highest BCUT2D eigenvalue weighted by atomic mass is 16.4. The van der Waals surface area contributed by atoms with E-state index in [0.29, 0.717) is 18.4 Å². The predicted molar refractivity (Wildman–Crippen MR) is 77.4 cm³/mol. The first-order valence-corrected chi connectivity index (χ1v) is 6.68. The van der Waals surface area contributed by atoms with E-state index in [9.17, 15) is 14.4 Å². The number of fused-ring (bicyclic) bond motifs is 1. The number of hydrogen-bond donors (Lipinski definition) is 2. The molecule has 1 aromatic carbocycles. The van der Waals surface area contributed by atoms with Crippen LogP contribution >= 0.6 is 0 Å². The van der Waals surface area contributed by atoms with Crippen LogP contribution in [-0.4, -0.2) is 35.5 Å². The molecule has 0 unspecified atom stereocenters. The van der Waals surface area contributed by atoms with Crippen molar-refractivity contribution in [1.29, 1.82) is 0 Å². The third-order valence-corrected chi connectivity index (χ3v) is 3.65. The van der Waals surface area contributed by atoms with Gasteiger partial charge in [-0.3, -0.25) is 9.59 Å². The van der Waals surface area contributed by atoms with Crippen LogP contribution in [0.1, 0.15) is 36.2 Å². The molecule has 6 heteroatoms. The van der Waals surface area contributed by atoms with Gasteiger partial charge in [-0.25, -0.2) is 4.79 Å². The van der Waals surface area contributed by atoms with Crippen molar-refractivity contribution in [3.05, 3.63) is 29.3 Å². The molecule has 1 aliphatic heterocycles. The summed E-state index contributed by atoms with van der Waals surface area (Å²) in [6, 6.07) is 5.03. The van der Waals surface area contributed by atoms with Crippen molar-refractivity contribution in [2.45, 2.75) is 32.2 Å². The third kappa shape index (κ3) is 2.89. The number of carboxylic acids is 1. The lowest BCUT2D eigenvalue weighted by Gasteiger charge is -2.26. The Balaban J connectivity index is 2.25. The highest BCUT2D eigenvalue weighted by Crippen LogP contribution is 2.27. The number of amides is 2. The Morgan fingerprint density at radius 2 is 1.95 bits per heavy atom. The van der Waals surface area contributed by atoms with E-state index in [1.807, 2.05) is 0 Å². The van der Waals surface area contributed by atoms with Crippen molar-refractivity contribution in [1.82, 2.24) is 5.32 Å². The van der Waals surface area contributed by atoms with Gasteiger partial charge in [0.1, 0.15) is 5.54 Å². The minimum Gasteiger partial charge on any atom is -0.480 e. The Labute approximate surface area is 122 Å². The van der Waals surface area contributed by atoms with Crippen LogP contribution in [0.3, 0.4) is 0 Å². The standard InChI is InChI=1S/C15H18N2O4/c1-15(2,14(20)21)16-13(19)10-4-6-11-9(8-10)5-7-12(18)17(11)3/h4,6,8H,5,7H2,1-3H3,(H,16,19)(H,20,21). The molecule has 2 amide bonds. The molecule has 2 N–H and O–H groups in total. The number of carbonyl (C=O) groups is 3. The highest BCUT2D eigenvalue weighted by Gasteiger charge is 2.30. The molecule has 6 nitrogen and oxygen atoms in total. The number of anilines is 1. The number of nitrogens with one attached hydrogen (secondary N) is 1. The van der Waals surface area contributed by atoms with Crippen LogP contribution in [0.25, 0.3) is 0 Å². The summed E-state index contributed by atoms with van der Waals surface area (Å²) in [7, 11) is 1.70. The molecule has 2 rings (SSSR count). The second-order valence-electron chi connectivity index (χ2n) is 5.68. The van der Waals surface area contributed by atoms with Gasteiger partial charge >= 0.3 is 5.97 Å². The molecule has 21 heavy (non-hydrogen) atoms. The van der Waals surface area contributed by atoms with E-state index in [1.165, 1.54) is 13.8 Å². The molecular weight excluding hydrogens is 272 g/mol. The average molecular weight is 290 g/mol. The normalized spacial score (nSPS) is 14.6. The fourth-order valence-electron chi connectivity index (χ4n) is 2.21. The molecule has 0 saturated heterocycles. The van der Waals surface area contributed by atoms with Gasteiger partial charge in [0.25, 0.3) is 5.91 Å². The lowest BCUT2D eigenvalue weighted by Crippen LogP contribution is -2.49. The van der Waals surface area contributed by atoms with Gasteiger partial charge in [-0.2, -0.15) is 0 Å². The topological polar surface area (TPSA) is 86.7 Å². The lowest BCUT2D eigenvalue weighted by molar-refractivity contribution is -0.143. The van der Waals surface area contributed by atoms with Crippen molar-refractivity contribution in [3.63, 3.8) is 0 Å². The van der Waals surface area contributed by atoms with E-state index in [2.05, 4.69) is 5.32 Å². The van der Waals surface area contributed by atoms with Gasteiger partial charge in [-0.05, 0) is 44.0 Å². The molecule has 0 bridgehead atoms. The number of aryl methyl sites for hydroxylation is 1. The average Bonchev–Trinajstić information content (AvgIpc) is 2.42. The number of rotatable bonds is 3. The van der Waals surface area contributed by atoms with Gasteiger partial charge in [0.15, 0.2) is 0 Å². The fourth-order valence-corrected chi connectivity index (χ4v) is 2.21. The van der Waals surface area contributed by atoms with Gasteiger partial charge in [0.2, 0.25) is 5.91 Å². The first kappa shape index (κ1) is 15.0. The summed E-state index contributed by atoms with van der Waals surface area (Å²) in [5, 5.41) is 11.5. The molecule has 1 heterocycles. The molecule has 0 atom stereocenters. The quantitative estimate of drug-likeness (QED) is 0.875. The van der Waals surface area contributed by atoms with Crippen LogP contribution in [-0.2, 0) is 16.0 Å². The SMILES string of the molecule is CN1C(=O)CCc2cc(C(=O)NC(C)(C)C(=O)O)ccc21. The summed E-state index contributed by atoms with van der Waals surface area (Å²) in [6.07, 6.45) is 0.997. The van der Waals surface area contributed by atoms with Gasteiger partial charge in [0, 0.05) is 24.7 Å². The van der Waals surface area contributed by atoms with Gasteiger partial charge in [-0.15, -0.1) is 0 Å². The van der Waals surface area contributed by atoms with Crippen LogP contribution < -0.4 is 10.2 Å². The predicted octanol–water partition coefficient (Wildman–Crippen LogP) is 1.19. The molecule has 0 aliphatic carbocycles. The minimum absolute atomic E-state index is 0.0479. The second kappa shape index (κ2) is 5.20. The second-order valence-corrected chi connectivity index (χ2v) is 5.68. The van der Waals surface area contributed by atoms with Gasteiger partial charge in [-0.1, -0.05) is 0 Å². The number of hydrogen-bond acceptors (Lipinski definition) is 3. The Bertz CT molecular complexity index is 622. The third-order valence-electron chi connectivity index (χ3n) is 3.65. The van der Waals surface area contributed by atoms with E-state index in [1.54, 1.807) is 30.1 Å². The minimum atomic E-state index is -1.33. The molecule has 1 aromatic rings. The summed E-state index contributed by atoms with van der Waals surface area (Å²) >= 11 is 0. The Morgan fingerprint density at radius 1 is 1.29 bits per heavy atom. The summed E-state index contributed by atoms with van der Waals surface area (Å²) in [6.45, 7) is 2.86. The van der Waals surface area contributed by atoms with Crippen LogP contribution in [0.5, 0.6) is 0 Å². The molecular formula is C15H18N2O4. The van der Waals surface area contributed by atoms with Crippen molar-refractivity contribution in [3.8, 4) is 0 Å². The highest BCUT2D eigenvalue weighted by molar-refractivity contribution is 6.00. The Morgan fingerprint density at radius 3 is 2.57 bits per heavy atom. The maximum atomic E-state index is 12.1. The maximum absolute atomic E-state index is 12.1. The van der Waals surface area contributed by atoms with E-state index >= 15 is 0 Å². The van der Waals surface area contributed by atoms with Crippen molar-refractivity contribution < 1.29 is 19.5 Å². The van der Waals surface area contributed by atoms with E-state index in [-0.39, 0.29) is 5.91 Å². The van der Waals surface area contributed by atoms with Crippen molar-refractivity contribution in [2.75, 3.05) is 11.9 Å². The fraction of sp³-hybridized carbons (Fsp3) is 0.400. The smallest absolute Gasteiger partial charge is 0.328 e. The molecule has 112 valence electrons. The summed E-state index contributed by atoms with van der Waals surface area (Å²) in [4.78, 5) is 36.4. The monoisotopic (exact) mass is 290 g/mol. The largest absolute Gasteiger partial charge is 0.480 e. The van der Waals surface area contributed by atoms with Gasteiger partial charge in [0.05, 0.1) is 0 Å². The molecule has 0 spiro atoms. The van der Waals surface area contributed by atoms with Crippen LogP contribution in [0, 0.1) is 0 Å². The molecule has 0 radical (unpaired) electrons.